The van der Waals surface area contributed by atoms with E-state index in [0.717, 1.165) is 36.7 Å². The van der Waals surface area contributed by atoms with Gasteiger partial charge in [0.2, 0.25) is 0 Å². The molecule has 2 unspecified atom stereocenters. The molecule has 1 heterocycles. The Hall–Kier alpha value is -2.30. The van der Waals surface area contributed by atoms with Gasteiger partial charge < -0.3 is 15.2 Å². The van der Waals surface area contributed by atoms with Crippen LogP contribution in [0.5, 0.6) is 0 Å². The SMILES string of the molecule is CCC(CC)c1cc(CNC(=NC)NC2CC2c2ccccc2C)on1. The summed E-state index contributed by atoms with van der Waals surface area (Å²) in [6.45, 7) is 7.15. The normalized spacial score (nSPS) is 19.7. The van der Waals surface area contributed by atoms with Crippen LogP contribution in [0.4, 0.5) is 0 Å². The fraction of sp³-hybridized carbons (Fsp3) is 0.524. The molecule has 0 bridgehead atoms. The molecule has 1 aromatic heterocycles. The number of aromatic nitrogens is 1. The summed E-state index contributed by atoms with van der Waals surface area (Å²) < 4.78 is 5.48. The molecule has 1 fully saturated rings. The van der Waals surface area contributed by atoms with Crippen molar-refractivity contribution in [2.45, 2.75) is 64.5 Å². The summed E-state index contributed by atoms with van der Waals surface area (Å²) in [5, 5.41) is 11.1. The number of guanidine groups is 1. The van der Waals surface area contributed by atoms with Crippen molar-refractivity contribution >= 4 is 5.96 Å². The highest BCUT2D eigenvalue weighted by Crippen LogP contribution is 2.42. The topological polar surface area (TPSA) is 62.5 Å². The average Bonchev–Trinajstić information content (AvgIpc) is 3.26. The van der Waals surface area contributed by atoms with Crippen molar-refractivity contribution in [3.8, 4) is 0 Å². The van der Waals surface area contributed by atoms with Crippen LogP contribution in [0.3, 0.4) is 0 Å². The van der Waals surface area contributed by atoms with Crippen LogP contribution in [-0.2, 0) is 6.54 Å². The van der Waals surface area contributed by atoms with Crippen LogP contribution in [0, 0.1) is 6.92 Å². The van der Waals surface area contributed by atoms with E-state index in [9.17, 15) is 0 Å². The van der Waals surface area contributed by atoms with E-state index in [1.54, 1.807) is 7.05 Å². The molecule has 5 nitrogen and oxygen atoms in total. The fourth-order valence-corrected chi connectivity index (χ4v) is 3.55. The van der Waals surface area contributed by atoms with Gasteiger partial charge in [0.15, 0.2) is 11.7 Å². The lowest BCUT2D eigenvalue weighted by molar-refractivity contribution is 0.368. The molecule has 3 rings (SSSR count). The van der Waals surface area contributed by atoms with E-state index in [-0.39, 0.29) is 0 Å². The van der Waals surface area contributed by atoms with E-state index in [0.29, 0.717) is 24.4 Å². The number of nitrogens with one attached hydrogen (secondary N) is 2. The first-order valence-corrected chi connectivity index (χ1v) is 9.64. The van der Waals surface area contributed by atoms with Crippen molar-refractivity contribution in [3.05, 3.63) is 52.9 Å². The van der Waals surface area contributed by atoms with Crippen LogP contribution in [0.1, 0.15) is 67.5 Å². The van der Waals surface area contributed by atoms with Gasteiger partial charge in [-0.15, -0.1) is 0 Å². The van der Waals surface area contributed by atoms with Gasteiger partial charge in [-0.05, 0) is 37.3 Å². The van der Waals surface area contributed by atoms with Crippen molar-refractivity contribution in [1.82, 2.24) is 15.8 Å². The summed E-state index contributed by atoms with van der Waals surface area (Å²) in [6, 6.07) is 11.1. The summed E-state index contributed by atoms with van der Waals surface area (Å²) >= 11 is 0. The Morgan fingerprint density at radius 3 is 2.77 bits per heavy atom. The molecular formula is C21H30N4O. The minimum Gasteiger partial charge on any atom is -0.359 e. The van der Waals surface area contributed by atoms with Crippen LogP contribution >= 0.6 is 0 Å². The first-order chi connectivity index (χ1) is 12.7. The predicted octanol–water partition coefficient (Wildman–Crippen LogP) is 4.11. The number of benzene rings is 1. The van der Waals surface area contributed by atoms with Gasteiger partial charge >= 0.3 is 0 Å². The van der Waals surface area contributed by atoms with Crippen LogP contribution in [0.15, 0.2) is 39.8 Å². The second kappa shape index (κ2) is 8.39. The molecule has 2 atom stereocenters. The Kier molecular flexibility index (Phi) is 5.96. The summed E-state index contributed by atoms with van der Waals surface area (Å²) in [5.74, 6) is 2.71. The number of rotatable bonds is 7. The Labute approximate surface area is 156 Å². The highest BCUT2D eigenvalue weighted by atomic mass is 16.5. The molecule has 1 aromatic carbocycles. The van der Waals surface area contributed by atoms with Gasteiger partial charge in [-0.3, -0.25) is 4.99 Å². The van der Waals surface area contributed by atoms with E-state index < -0.39 is 0 Å². The van der Waals surface area contributed by atoms with Crippen molar-refractivity contribution in [3.63, 3.8) is 0 Å². The quantitative estimate of drug-likeness (QED) is 0.580. The summed E-state index contributed by atoms with van der Waals surface area (Å²) in [4.78, 5) is 4.34. The van der Waals surface area contributed by atoms with Crippen LogP contribution in [0.25, 0.3) is 0 Å². The standard InChI is InChI=1S/C21H30N4O/c1-5-15(6-2)19-11-16(26-25-19)13-23-21(22-4)24-20-12-18(20)17-10-8-7-9-14(17)3/h7-11,15,18,20H,5-6,12-13H2,1-4H3,(H2,22,23,24). The lowest BCUT2D eigenvalue weighted by atomic mass is 9.99. The molecular weight excluding hydrogens is 324 g/mol. The fourth-order valence-electron chi connectivity index (χ4n) is 3.55. The van der Waals surface area contributed by atoms with Gasteiger partial charge in [0.05, 0.1) is 12.2 Å². The second-order valence-corrected chi connectivity index (χ2v) is 7.11. The molecule has 140 valence electrons. The molecule has 2 aromatic rings. The summed E-state index contributed by atoms with van der Waals surface area (Å²) in [5.41, 5.74) is 3.85. The molecule has 1 aliphatic rings. The third-order valence-corrected chi connectivity index (χ3v) is 5.34. The number of hydrogen-bond donors (Lipinski definition) is 2. The Morgan fingerprint density at radius 1 is 1.31 bits per heavy atom. The van der Waals surface area contributed by atoms with Crippen molar-refractivity contribution in [2.24, 2.45) is 4.99 Å². The minimum absolute atomic E-state index is 0.442. The summed E-state index contributed by atoms with van der Waals surface area (Å²) in [7, 11) is 1.80. The Morgan fingerprint density at radius 2 is 2.08 bits per heavy atom. The first kappa shape index (κ1) is 18.5. The predicted molar refractivity (Wildman–Crippen MR) is 105 cm³/mol. The van der Waals surface area contributed by atoms with Gasteiger partial charge in [-0.1, -0.05) is 43.3 Å². The smallest absolute Gasteiger partial charge is 0.191 e. The molecule has 0 radical (unpaired) electrons. The molecule has 0 amide bonds. The van der Waals surface area contributed by atoms with E-state index in [1.807, 2.05) is 0 Å². The molecule has 0 spiro atoms. The lowest BCUT2D eigenvalue weighted by Crippen LogP contribution is -2.38. The lowest BCUT2D eigenvalue weighted by Gasteiger charge is -2.11. The minimum atomic E-state index is 0.442. The van der Waals surface area contributed by atoms with Crippen LogP contribution in [-0.4, -0.2) is 24.2 Å². The largest absolute Gasteiger partial charge is 0.359 e. The number of aryl methyl sites for hydroxylation is 1. The maximum absolute atomic E-state index is 5.48. The monoisotopic (exact) mass is 354 g/mol. The van der Waals surface area contributed by atoms with Crippen LogP contribution < -0.4 is 10.6 Å². The van der Waals surface area contributed by atoms with Crippen LogP contribution in [0.2, 0.25) is 0 Å². The Bertz CT molecular complexity index is 748. The number of nitrogens with zero attached hydrogens (tertiary/aromatic N) is 2. The Balaban J connectivity index is 1.51. The van der Waals surface area contributed by atoms with Gasteiger partial charge in [-0.25, -0.2) is 0 Å². The molecule has 5 heteroatoms. The zero-order valence-electron chi connectivity index (χ0n) is 16.2. The van der Waals surface area contributed by atoms with Crippen molar-refractivity contribution < 1.29 is 4.52 Å². The van der Waals surface area contributed by atoms with E-state index in [1.165, 1.54) is 11.1 Å². The molecule has 0 saturated heterocycles. The van der Waals surface area contributed by atoms with E-state index in [2.05, 4.69) is 71.9 Å². The molecule has 2 N–H and O–H groups in total. The zero-order chi connectivity index (χ0) is 18.5. The van der Waals surface area contributed by atoms with Gasteiger partial charge in [0, 0.05) is 31.0 Å². The van der Waals surface area contributed by atoms with E-state index >= 15 is 0 Å². The molecule has 1 aliphatic carbocycles. The number of aliphatic imine (C=N–C) groups is 1. The maximum atomic E-state index is 5.48. The highest BCUT2D eigenvalue weighted by molar-refractivity contribution is 5.80. The van der Waals surface area contributed by atoms with E-state index in [4.69, 9.17) is 4.52 Å². The molecule has 26 heavy (non-hydrogen) atoms. The van der Waals surface area contributed by atoms with Crippen molar-refractivity contribution in [2.75, 3.05) is 7.05 Å². The second-order valence-electron chi connectivity index (χ2n) is 7.11. The zero-order valence-corrected chi connectivity index (χ0v) is 16.2. The maximum Gasteiger partial charge on any atom is 0.191 e. The third kappa shape index (κ3) is 4.26. The third-order valence-electron chi connectivity index (χ3n) is 5.34. The van der Waals surface area contributed by atoms with Crippen molar-refractivity contribution in [1.29, 1.82) is 0 Å². The molecule has 1 saturated carbocycles. The summed E-state index contributed by atoms with van der Waals surface area (Å²) in [6.07, 6.45) is 3.31. The number of hydrogen-bond acceptors (Lipinski definition) is 3. The van der Waals surface area contributed by atoms with Gasteiger partial charge in [-0.2, -0.15) is 0 Å². The molecule has 0 aliphatic heterocycles. The average molecular weight is 354 g/mol. The van der Waals surface area contributed by atoms with Gasteiger partial charge in [0.25, 0.3) is 0 Å². The first-order valence-electron chi connectivity index (χ1n) is 9.64. The highest BCUT2D eigenvalue weighted by Gasteiger charge is 2.39. The van der Waals surface area contributed by atoms with Gasteiger partial charge in [0.1, 0.15) is 0 Å².